The number of aliphatic hydroxyl groups excluding tert-OH is 1. The maximum Gasteiger partial charge on any atom is 0.0665 e. The molecule has 108 valence electrons. The number of alkyl halides is 5. The zero-order chi connectivity index (χ0) is 13.7. The van der Waals surface area contributed by atoms with E-state index in [9.17, 15) is 5.11 Å². The van der Waals surface area contributed by atoms with Crippen LogP contribution in [0.4, 0.5) is 0 Å². The smallest absolute Gasteiger partial charge is 0.0665 e. The van der Waals surface area contributed by atoms with Gasteiger partial charge < -0.3 is 5.11 Å². The molecule has 6 atom stereocenters. The molecule has 0 bridgehead atoms. The molecule has 1 unspecified atom stereocenters. The first-order chi connectivity index (χ1) is 8.41. The second-order valence-electron chi connectivity index (χ2n) is 4.88. The number of aliphatic hydroxyl groups is 1. The summed E-state index contributed by atoms with van der Waals surface area (Å²) in [5.74, 6) is 0. The van der Waals surface area contributed by atoms with Crippen LogP contribution in [0.1, 0.15) is 38.5 Å². The van der Waals surface area contributed by atoms with Gasteiger partial charge in [-0.2, -0.15) is 0 Å². The van der Waals surface area contributed by atoms with E-state index in [0.29, 0.717) is 19.3 Å². The predicted octanol–water partition coefficient (Wildman–Crippen LogP) is 5.52. The lowest BCUT2D eigenvalue weighted by atomic mass is 9.99. The molecule has 6 heteroatoms. The molecule has 0 saturated heterocycles. The third kappa shape index (κ3) is 6.42. The highest BCUT2D eigenvalue weighted by molar-refractivity contribution is 9.12. The highest BCUT2D eigenvalue weighted by Gasteiger charge is 2.25. The molecule has 1 saturated carbocycles. The Morgan fingerprint density at radius 2 is 0.778 bits per heavy atom. The van der Waals surface area contributed by atoms with Gasteiger partial charge in [-0.3, -0.25) is 0 Å². The molecule has 0 aliphatic heterocycles. The Balaban J connectivity index is 2.61. The second kappa shape index (κ2) is 9.39. The lowest BCUT2D eigenvalue weighted by molar-refractivity contribution is 0.156. The molecular formula is C12H19Br5O. The van der Waals surface area contributed by atoms with Gasteiger partial charge in [-0.1, -0.05) is 79.6 Å². The number of hydrogen-bond acceptors (Lipinski definition) is 1. The van der Waals surface area contributed by atoms with Crippen molar-refractivity contribution < 1.29 is 5.11 Å². The van der Waals surface area contributed by atoms with Gasteiger partial charge in [0, 0.05) is 24.1 Å². The van der Waals surface area contributed by atoms with Crippen molar-refractivity contribution in [1.29, 1.82) is 0 Å². The van der Waals surface area contributed by atoms with E-state index in [2.05, 4.69) is 79.6 Å². The first-order valence-electron chi connectivity index (χ1n) is 6.30. The van der Waals surface area contributed by atoms with Crippen molar-refractivity contribution in [2.75, 3.05) is 0 Å². The summed E-state index contributed by atoms with van der Waals surface area (Å²) in [7, 11) is 0. The molecule has 1 rings (SSSR count). The Morgan fingerprint density at radius 3 is 1.17 bits per heavy atom. The fourth-order valence-electron chi connectivity index (χ4n) is 2.06. The van der Waals surface area contributed by atoms with Crippen molar-refractivity contribution in [3.05, 3.63) is 0 Å². The molecule has 1 fully saturated rings. The second-order valence-corrected chi connectivity index (χ2v) is 10.8. The molecule has 1 N–H and O–H groups in total. The SMILES string of the molecule is OC1CC[C@H](Br)[C@H](Br)CC[C@H](Br)[C@H](Br)CC[C@H]1Br. The zero-order valence-electron chi connectivity index (χ0n) is 10.0. The molecule has 1 nitrogen and oxygen atoms in total. The van der Waals surface area contributed by atoms with Crippen LogP contribution in [0.3, 0.4) is 0 Å². The minimum atomic E-state index is -0.252. The van der Waals surface area contributed by atoms with Crippen molar-refractivity contribution in [1.82, 2.24) is 0 Å². The van der Waals surface area contributed by atoms with Gasteiger partial charge in [0.25, 0.3) is 0 Å². The normalized spacial score (nSPS) is 45.0. The van der Waals surface area contributed by atoms with Gasteiger partial charge >= 0.3 is 0 Å². The van der Waals surface area contributed by atoms with E-state index >= 15 is 0 Å². The van der Waals surface area contributed by atoms with E-state index in [1.807, 2.05) is 0 Å². The van der Waals surface area contributed by atoms with E-state index in [-0.39, 0.29) is 10.9 Å². The summed E-state index contributed by atoms with van der Waals surface area (Å²) < 4.78 is 0. The standard InChI is InChI=1S/C12H19Br5O/c13-7-1-2-8(14)10(16)5-6-12(18)11(17)4-3-9(7)15/h7-12,18H,1-6H2/t7-,8+,9+,10-,11+,12?/m0/s1. The summed E-state index contributed by atoms with van der Waals surface area (Å²) >= 11 is 18.6. The summed E-state index contributed by atoms with van der Waals surface area (Å²) in [6.07, 6.45) is 5.98. The van der Waals surface area contributed by atoms with Crippen molar-refractivity contribution in [2.45, 2.75) is 68.8 Å². The molecule has 0 heterocycles. The Bertz CT molecular complexity index is 178. The molecule has 0 aromatic carbocycles. The van der Waals surface area contributed by atoms with Gasteiger partial charge in [0.2, 0.25) is 0 Å². The van der Waals surface area contributed by atoms with Gasteiger partial charge in [-0.15, -0.1) is 0 Å². The molecule has 0 spiro atoms. The lowest BCUT2D eigenvalue weighted by Gasteiger charge is -2.26. The molecule has 1 aliphatic carbocycles. The Hall–Kier alpha value is 2.36. The van der Waals surface area contributed by atoms with Crippen LogP contribution in [-0.4, -0.2) is 35.3 Å². The van der Waals surface area contributed by atoms with Crippen molar-refractivity contribution in [2.24, 2.45) is 0 Å². The Labute approximate surface area is 152 Å². The Kier molecular flexibility index (Phi) is 9.61. The molecule has 18 heavy (non-hydrogen) atoms. The predicted molar refractivity (Wildman–Crippen MR) is 97.3 cm³/mol. The van der Waals surface area contributed by atoms with E-state index in [0.717, 1.165) is 38.5 Å². The van der Waals surface area contributed by atoms with Crippen LogP contribution < -0.4 is 0 Å². The minimum Gasteiger partial charge on any atom is -0.392 e. The summed E-state index contributed by atoms with van der Waals surface area (Å²) in [5.41, 5.74) is 0. The van der Waals surface area contributed by atoms with Gasteiger partial charge in [0.1, 0.15) is 0 Å². The first kappa shape index (κ1) is 18.4. The van der Waals surface area contributed by atoms with Gasteiger partial charge in [0.15, 0.2) is 0 Å². The van der Waals surface area contributed by atoms with Gasteiger partial charge in [-0.25, -0.2) is 0 Å². The molecule has 1 aliphatic rings. The first-order valence-corrected chi connectivity index (χ1v) is 10.9. The fourth-order valence-corrected chi connectivity index (χ4v) is 4.71. The number of hydrogen-bond donors (Lipinski definition) is 1. The largest absolute Gasteiger partial charge is 0.392 e. The fraction of sp³-hybridized carbons (Fsp3) is 1.00. The summed E-state index contributed by atoms with van der Waals surface area (Å²) in [4.78, 5) is 2.06. The van der Waals surface area contributed by atoms with Crippen molar-refractivity contribution in [3.63, 3.8) is 0 Å². The zero-order valence-corrected chi connectivity index (χ0v) is 18.0. The molecule has 0 aromatic heterocycles. The number of halogens is 5. The molecular weight excluding hydrogens is 560 g/mol. The lowest BCUT2D eigenvalue weighted by Crippen LogP contribution is -2.27. The third-order valence-corrected chi connectivity index (χ3v) is 10.2. The van der Waals surface area contributed by atoms with E-state index in [1.54, 1.807) is 0 Å². The molecule has 0 amide bonds. The van der Waals surface area contributed by atoms with Crippen LogP contribution in [-0.2, 0) is 0 Å². The third-order valence-electron chi connectivity index (χ3n) is 3.38. The van der Waals surface area contributed by atoms with Crippen LogP contribution in [0.25, 0.3) is 0 Å². The molecule has 0 aromatic rings. The maximum absolute atomic E-state index is 10.1. The van der Waals surface area contributed by atoms with Crippen LogP contribution in [0.2, 0.25) is 0 Å². The van der Waals surface area contributed by atoms with Crippen molar-refractivity contribution in [3.8, 4) is 0 Å². The van der Waals surface area contributed by atoms with Crippen LogP contribution in [0.5, 0.6) is 0 Å². The summed E-state index contributed by atoms with van der Waals surface area (Å²) in [5, 5.41) is 10.1. The van der Waals surface area contributed by atoms with Gasteiger partial charge in [-0.05, 0) is 38.5 Å². The van der Waals surface area contributed by atoms with Crippen LogP contribution in [0.15, 0.2) is 0 Å². The average molecular weight is 579 g/mol. The molecule has 0 radical (unpaired) electrons. The quantitative estimate of drug-likeness (QED) is 0.376. The van der Waals surface area contributed by atoms with Crippen LogP contribution in [0, 0.1) is 0 Å². The van der Waals surface area contributed by atoms with E-state index < -0.39 is 0 Å². The minimum absolute atomic E-state index is 0.199. The number of rotatable bonds is 0. The average Bonchev–Trinajstić information content (AvgIpc) is 2.36. The summed E-state index contributed by atoms with van der Waals surface area (Å²) in [6.45, 7) is 0. The highest BCUT2D eigenvalue weighted by atomic mass is 79.9. The Morgan fingerprint density at radius 1 is 0.500 bits per heavy atom. The van der Waals surface area contributed by atoms with Crippen molar-refractivity contribution >= 4 is 79.6 Å². The van der Waals surface area contributed by atoms with E-state index in [1.165, 1.54) is 0 Å². The monoisotopic (exact) mass is 574 g/mol. The van der Waals surface area contributed by atoms with Gasteiger partial charge in [0.05, 0.1) is 6.10 Å². The van der Waals surface area contributed by atoms with Crippen LogP contribution >= 0.6 is 79.6 Å². The summed E-state index contributed by atoms with van der Waals surface area (Å²) in [6, 6.07) is 0. The highest BCUT2D eigenvalue weighted by Crippen LogP contribution is 2.32. The maximum atomic E-state index is 10.1. The van der Waals surface area contributed by atoms with E-state index in [4.69, 9.17) is 0 Å². The topological polar surface area (TPSA) is 20.2 Å².